The van der Waals surface area contributed by atoms with E-state index < -0.39 is 0 Å². The average Bonchev–Trinajstić information content (AvgIpc) is 3.40. The second-order valence-corrected chi connectivity index (χ2v) is 6.45. The lowest BCUT2D eigenvalue weighted by molar-refractivity contribution is 0.0420. The van der Waals surface area contributed by atoms with Crippen LogP contribution in [0, 0.1) is 0 Å². The van der Waals surface area contributed by atoms with Crippen molar-refractivity contribution in [3.8, 4) is 5.69 Å². The Hall–Kier alpha value is -1.65. The van der Waals surface area contributed by atoms with Crippen LogP contribution in [0.2, 0.25) is 0 Å². The summed E-state index contributed by atoms with van der Waals surface area (Å²) < 4.78 is 12.9. The highest BCUT2D eigenvalue weighted by atomic mass is 127. The van der Waals surface area contributed by atoms with Crippen LogP contribution in [0.25, 0.3) is 5.69 Å². The number of aromatic nitrogens is 2. The molecule has 0 saturated carbocycles. The third-order valence-electron chi connectivity index (χ3n) is 4.32. The van der Waals surface area contributed by atoms with Gasteiger partial charge in [-0.1, -0.05) is 12.1 Å². The molecule has 0 radical (unpaired) electrons. The smallest absolute Gasteiger partial charge is 0.191 e. The molecule has 1 aliphatic heterocycles. The van der Waals surface area contributed by atoms with Crippen molar-refractivity contribution < 1.29 is 9.47 Å². The van der Waals surface area contributed by atoms with Crippen molar-refractivity contribution in [3.63, 3.8) is 0 Å². The standard InChI is InChI=1S/C20H29N5O2.HI/c1-2-21-20(22-10-4-13-27-19-9-14-26-16-19)23-15-17-5-7-18(8-6-17)25-12-3-11-24-25;/h3,5-8,11-12,19H,2,4,9-10,13-16H2,1H3,(H2,21,22,23);1H. The van der Waals surface area contributed by atoms with Crippen molar-refractivity contribution in [1.29, 1.82) is 0 Å². The molecule has 2 heterocycles. The Bertz CT molecular complexity index is 685. The normalized spacial score (nSPS) is 16.6. The first kappa shape index (κ1) is 22.6. The molecule has 1 aromatic heterocycles. The van der Waals surface area contributed by atoms with E-state index in [4.69, 9.17) is 9.47 Å². The summed E-state index contributed by atoms with van der Waals surface area (Å²) in [6.45, 7) is 6.66. The number of ether oxygens (including phenoxy) is 2. The number of nitrogens with one attached hydrogen (secondary N) is 2. The molecule has 1 fully saturated rings. The molecule has 1 unspecified atom stereocenters. The Morgan fingerprint density at radius 3 is 2.86 bits per heavy atom. The monoisotopic (exact) mass is 499 g/mol. The highest BCUT2D eigenvalue weighted by Crippen LogP contribution is 2.10. The number of guanidine groups is 1. The molecule has 1 aliphatic rings. The van der Waals surface area contributed by atoms with Gasteiger partial charge in [0.15, 0.2) is 5.96 Å². The van der Waals surface area contributed by atoms with Crippen LogP contribution in [0.4, 0.5) is 0 Å². The molecule has 154 valence electrons. The molecule has 0 aliphatic carbocycles. The van der Waals surface area contributed by atoms with Crippen LogP contribution in [0.15, 0.2) is 47.7 Å². The van der Waals surface area contributed by atoms with E-state index in [2.05, 4.69) is 51.9 Å². The second kappa shape index (κ2) is 12.7. The first-order valence-electron chi connectivity index (χ1n) is 9.65. The molecular formula is C20H30IN5O2. The Kier molecular flexibility index (Phi) is 10.3. The third-order valence-corrected chi connectivity index (χ3v) is 4.32. The van der Waals surface area contributed by atoms with E-state index in [-0.39, 0.29) is 30.1 Å². The van der Waals surface area contributed by atoms with Crippen molar-refractivity contribution in [2.24, 2.45) is 4.99 Å². The number of hydrogen-bond acceptors (Lipinski definition) is 4. The van der Waals surface area contributed by atoms with Gasteiger partial charge in [0.25, 0.3) is 0 Å². The molecule has 1 saturated heterocycles. The molecule has 1 aromatic carbocycles. The average molecular weight is 499 g/mol. The zero-order valence-electron chi connectivity index (χ0n) is 16.3. The van der Waals surface area contributed by atoms with E-state index in [1.54, 1.807) is 6.20 Å². The molecular weight excluding hydrogens is 469 g/mol. The first-order chi connectivity index (χ1) is 13.3. The summed E-state index contributed by atoms with van der Waals surface area (Å²) in [6, 6.07) is 10.2. The maximum absolute atomic E-state index is 5.78. The van der Waals surface area contributed by atoms with Crippen LogP contribution in [-0.2, 0) is 16.0 Å². The first-order valence-corrected chi connectivity index (χ1v) is 9.65. The van der Waals surface area contributed by atoms with Crippen LogP contribution < -0.4 is 10.6 Å². The Morgan fingerprint density at radius 1 is 1.32 bits per heavy atom. The Labute approximate surface area is 183 Å². The van der Waals surface area contributed by atoms with Crippen LogP contribution >= 0.6 is 24.0 Å². The predicted molar refractivity (Wildman–Crippen MR) is 122 cm³/mol. The topological polar surface area (TPSA) is 72.7 Å². The SMILES string of the molecule is CCNC(=NCc1ccc(-n2cccn2)cc1)NCCCOC1CCOC1.I. The van der Waals surface area contributed by atoms with Crippen LogP contribution in [0.5, 0.6) is 0 Å². The summed E-state index contributed by atoms with van der Waals surface area (Å²) in [5.41, 5.74) is 2.21. The van der Waals surface area contributed by atoms with Gasteiger partial charge in [0.05, 0.1) is 24.9 Å². The predicted octanol–water partition coefficient (Wildman–Crippen LogP) is 2.74. The van der Waals surface area contributed by atoms with Gasteiger partial charge >= 0.3 is 0 Å². The maximum atomic E-state index is 5.78. The fourth-order valence-corrected chi connectivity index (χ4v) is 2.86. The van der Waals surface area contributed by atoms with Gasteiger partial charge in [-0.05, 0) is 43.5 Å². The second-order valence-electron chi connectivity index (χ2n) is 6.45. The van der Waals surface area contributed by atoms with Gasteiger partial charge in [-0.15, -0.1) is 24.0 Å². The van der Waals surface area contributed by atoms with Crippen LogP contribution in [0.1, 0.15) is 25.3 Å². The van der Waals surface area contributed by atoms with Crippen LogP contribution in [0.3, 0.4) is 0 Å². The summed E-state index contributed by atoms with van der Waals surface area (Å²) in [7, 11) is 0. The van der Waals surface area contributed by atoms with Gasteiger partial charge in [0.2, 0.25) is 0 Å². The highest BCUT2D eigenvalue weighted by molar-refractivity contribution is 14.0. The summed E-state index contributed by atoms with van der Waals surface area (Å²) in [5.74, 6) is 0.831. The minimum atomic E-state index is 0. The lowest BCUT2D eigenvalue weighted by Gasteiger charge is -2.13. The van der Waals surface area contributed by atoms with Crippen molar-refractivity contribution in [1.82, 2.24) is 20.4 Å². The van der Waals surface area contributed by atoms with Crippen LogP contribution in [-0.4, -0.2) is 54.8 Å². The largest absolute Gasteiger partial charge is 0.379 e. The Balaban J connectivity index is 0.00000280. The fraction of sp³-hybridized carbons (Fsp3) is 0.500. The molecule has 1 atom stereocenters. The van der Waals surface area contributed by atoms with E-state index in [1.165, 1.54) is 0 Å². The number of benzene rings is 1. The molecule has 8 heteroatoms. The highest BCUT2D eigenvalue weighted by Gasteiger charge is 2.15. The van der Waals surface area contributed by atoms with Gasteiger partial charge in [0.1, 0.15) is 0 Å². The zero-order chi connectivity index (χ0) is 18.7. The van der Waals surface area contributed by atoms with Crippen molar-refractivity contribution in [3.05, 3.63) is 48.3 Å². The van der Waals surface area contributed by atoms with E-state index in [9.17, 15) is 0 Å². The minimum absolute atomic E-state index is 0. The zero-order valence-corrected chi connectivity index (χ0v) is 18.7. The lowest BCUT2D eigenvalue weighted by Crippen LogP contribution is -2.38. The number of hydrogen-bond donors (Lipinski definition) is 2. The molecule has 28 heavy (non-hydrogen) atoms. The Morgan fingerprint density at radius 2 is 2.18 bits per heavy atom. The molecule has 2 aromatic rings. The molecule has 0 spiro atoms. The molecule has 3 rings (SSSR count). The minimum Gasteiger partial charge on any atom is -0.379 e. The number of rotatable bonds is 9. The summed E-state index contributed by atoms with van der Waals surface area (Å²) >= 11 is 0. The maximum Gasteiger partial charge on any atom is 0.191 e. The summed E-state index contributed by atoms with van der Waals surface area (Å²) in [5, 5.41) is 10.9. The molecule has 0 bridgehead atoms. The van der Waals surface area contributed by atoms with Crippen molar-refractivity contribution in [2.75, 3.05) is 32.9 Å². The third kappa shape index (κ3) is 7.40. The molecule has 0 amide bonds. The van der Waals surface area contributed by atoms with E-state index in [0.717, 1.165) is 63.0 Å². The van der Waals surface area contributed by atoms with Gasteiger partial charge in [-0.2, -0.15) is 5.10 Å². The van der Waals surface area contributed by atoms with E-state index >= 15 is 0 Å². The lowest BCUT2D eigenvalue weighted by atomic mass is 10.2. The van der Waals surface area contributed by atoms with Gasteiger partial charge in [-0.25, -0.2) is 9.67 Å². The molecule has 7 nitrogen and oxygen atoms in total. The van der Waals surface area contributed by atoms with Crippen molar-refractivity contribution in [2.45, 2.75) is 32.4 Å². The summed E-state index contributed by atoms with van der Waals surface area (Å²) in [6.07, 6.45) is 5.94. The quantitative estimate of drug-likeness (QED) is 0.240. The number of nitrogens with zero attached hydrogens (tertiary/aromatic N) is 3. The van der Waals surface area contributed by atoms with Gasteiger partial charge < -0.3 is 20.1 Å². The van der Waals surface area contributed by atoms with E-state index in [0.29, 0.717) is 6.54 Å². The van der Waals surface area contributed by atoms with E-state index in [1.807, 2.05) is 16.9 Å². The fourth-order valence-electron chi connectivity index (χ4n) is 2.86. The number of halogens is 1. The van der Waals surface area contributed by atoms with Gasteiger partial charge in [0, 0.05) is 38.7 Å². The van der Waals surface area contributed by atoms with Crippen molar-refractivity contribution >= 4 is 29.9 Å². The summed E-state index contributed by atoms with van der Waals surface area (Å²) in [4.78, 5) is 4.66. The number of aliphatic imine (C=N–C) groups is 1. The van der Waals surface area contributed by atoms with Gasteiger partial charge in [-0.3, -0.25) is 0 Å². The molecule has 2 N–H and O–H groups in total.